The number of urea groups is 1. The molecule has 30 heavy (non-hydrogen) atoms. The summed E-state index contributed by atoms with van der Waals surface area (Å²) in [6, 6.07) is 14.6. The summed E-state index contributed by atoms with van der Waals surface area (Å²) >= 11 is 0. The van der Waals surface area contributed by atoms with Crippen LogP contribution >= 0.6 is 0 Å². The van der Waals surface area contributed by atoms with E-state index < -0.39 is 11.6 Å². The topological polar surface area (TPSA) is 85.7 Å². The number of nitriles is 1. The number of hydrogen-bond donors (Lipinski definition) is 1. The van der Waals surface area contributed by atoms with Crippen LogP contribution in [0, 0.1) is 11.3 Å². The van der Waals surface area contributed by atoms with Crippen LogP contribution in [-0.4, -0.2) is 42.1 Å². The lowest BCUT2D eigenvalue weighted by atomic mass is 9.87. The van der Waals surface area contributed by atoms with E-state index in [1.807, 2.05) is 6.07 Å². The lowest BCUT2D eigenvalue weighted by molar-refractivity contribution is -0.123. The highest BCUT2D eigenvalue weighted by atomic mass is 16.5. The van der Waals surface area contributed by atoms with Crippen molar-refractivity contribution in [2.24, 2.45) is 0 Å². The maximum Gasteiger partial charge on any atom is 0.329 e. The zero-order valence-corrected chi connectivity index (χ0v) is 16.6. The fourth-order valence-electron chi connectivity index (χ4n) is 4.54. The number of carbonyl (C=O) groups is 2. The summed E-state index contributed by atoms with van der Waals surface area (Å²) in [5.41, 5.74) is 2.61. The number of fused-ring (bicyclic) bond motifs is 1. The van der Waals surface area contributed by atoms with Crippen LogP contribution in [0.25, 0.3) is 0 Å². The third-order valence-electron chi connectivity index (χ3n) is 6.29. The number of carbonyl (C=O) groups excluding carboxylic acids is 2. The molecule has 3 aliphatic heterocycles. The van der Waals surface area contributed by atoms with Crippen LogP contribution in [-0.2, 0) is 17.8 Å². The van der Waals surface area contributed by atoms with Crippen LogP contribution < -0.4 is 15.0 Å². The summed E-state index contributed by atoms with van der Waals surface area (Å²) in [6.45, 7) is 3.01. The normalized spacial score (nSPS) is 20.0. The molecule has 3 heterocycles. The minimum atomic E-state index is -0.845. The molecule has 0 atom stereocenters. The van der Waals surface area contributed by atoms with E-state index in [-0.39, 0.29) is 5.91 Å². The van der Waals surface area contributed by atoms with E-state index in [0.29, 0.717) is 24.1 Å². The van der Waals surface area contributed by atoms with Gasteiger partial charge in [0, 0.05) is 26.1 Å². The Hall–Kier alpha value is -3.37. The van der Waals surface area contributed by atoms with Crippen molar-refractivity contribution in [3.63, 3.8) is 0 Å². The Morgan fingerprint density at radius 2 is 1.87 bits per heavy atom. The van der Waals surface area contributed by atoms with Crippen LogP contribution in [0.1, 0.15) is 29.5 Å². The largest absolute Gasteiger partial charge is 0.493 e. The minimum absolute atomic E-state index is 0.206. The number of rotatable bonds is 3. The molecule has 2 aromatic carbocycles. The van der Waals surface area contributed by atoms with Gasteiger partial charge in [-0.25, -0.2) is 9.69 Å². The molecule has 152 valence electrons. The minimum Gasteiger partial charge on any atom is -0.493 e. The fourth-order valence-corrected chi connectivity index (χ4v) is 4.54. The first kappa shape index (κ1) is 18.6. The van der Waals surface area contributed by atoms with E-state index in [9.17, 15) is 9.59 Å². The van der Waals surface area contributed by atoms with E-state index in [1.165, 1.54) is 16.0 Å². The van der Waals surface area contributed by atoms with E-state index in [0.717, 1.165) is 38.4 Å². The Bertz CT molecular complexity index is 1050. The molecule has 0 unspecified atom stereocenters. The van der Waals surface area contributed by atoms with Gasteiger partial charge in [0.15, 0.2) is 0 Å². The molecule has 0 aliphatic carbocycles. The second kappa shape index (κ2) is 7.15. The number of likely N-dealkylation sites (tertiary alicyclic amines) is 1. The van der Waals surface area contributed by atoms with E-state index in [1.54, 1.807) is 24.3 Å². The Morgan fingerprint density at radius 3 is 2.60 bits per heavy atom. The molecule has 3 aliphatic rings. The van der Waals surface area contributed by atoms with Crippen LogP contribution in [0.5, 0.6) is 5.75 Å². The molecule has 2 aromatic rings. The molecule has 7 nitrogen and oxygen atoms in total. The van der Waals surface area contributed by atoms with E-state index in [2.05, 4.69) is 28.4 Å². The van der Waals surface area contributed by atoms with Gasteiger partial charge in [-0.1, -0.05) is 12.1 Å². The summed E-state index contributed by atoms with van der Waals surface area (Å²) in [5, 5.41) is 11.9. The van der Waals surface area contributed by atoms with Gasteiger partial charge in [0.25, 0.3) is 5.91 Å². The molecule has 0 radical (unpaired) electrons. The van der Waals surface area contributed by atoms with Gasteiger partial charge in [-0.15, -0.1) is 0 Å². The molecular weight excluding hydrogens is 380 g/mol. The van der Waals surface area contributed by atoms with Gasteiger partial charge < -0.3 is 10.1 Å². The van der Waals surface area contributed by atoms with Gasteiger partial charge in [-0.3, -0.25) is 9.69 Å². The second-order valence-corrected chi connectivity index (χ2v) is 8.13. The maximum atomic E-state index is 13.2. The molecule has 1 spiro atoms. The van der Waals surface area contributed by atoms with Crippen molar-refractivity contribution in [3.8, 4) is 11.8 Å². The standard InChI is InChI=1S/C23H22N4O3/c24-14-16-2-5-19(6-3-16)27-21(28)23(25-22(27)29)8-10-26(11-9-23)15-17-1-4-18-7-12-30-20(18)13-17/h1-6,13H,7-12,15H2,(H,25,29). The van der Waals surface area contributed by atoms with Crippen molar-refractivity contribution in [1.82, 2.24) is 10.2 Å². The first-order valence-electron chi connectivity index (χ1n) is 10.2. The number of nitrogens with zero attached hydrogens (tertiary/aromatic N) is 3. The van der Waals surface area contributed by atoms with E-state index in [4.69, 9.17) is 10.00 Å². The van der Waals surface area contributed by atoms with Crippen molar-refractivity contribution >= 4 is 17.6 Å². The number of anilines is 1. The van der Waals surface area contributed by atoms with Crippen molar-refractivity contribution in [2.45, 2.75) is 31.3 Å². The molecule has 0 saturated carbocycles. The van der Waals surface area contributed by atoms with Crippen molar-refractivity contribution in [1.29, 1.82) is 5.26 Å². The smallest absolute Gasteiger partial charge is 0.329 e. The first-order chi connectivity index (χ1) is 14.6. The Labute approximate surface area is 174 Å². The van der Waals surface area contributed by atoms with Crippen molar-refractivity contribution < 1.29 is 14.3 Å². The van der Waals surface area contributed by atoms with Crippen molar-refractivity contribution in [3.05, 3.63) is 59.2 Å². The van der Waals surface area contributed by atoms with E-state index >= 15 is 0 Å². The summed E-state index contributed by atoms with van der Waals surface area (Å²) in [7, 11) is 0. The molecule has 2 fully saturated rings. The number of hydrogen-bond acceptors (Lipinski definition) is 5. The molecule has 7 heteroatoms. The average molecular weight is 402 g/mol. The van der Waals surface area contributed by atoms with Gasteiger partial charge in [-0.2, -0.15) is 5.26 Å². The van der Waals surface area contributed by atoms with Gasteiger partial charge >= 0.3 is 6.03 Å². The Kier molecular flexibility index (Phi) is 4.44. The quantitative estimate of drug-likeness (QED) is 0.798. The fraction of sp³-hybridized carbons (Fsp3) is 0.348. The molecule has 3 amide bonds. The number of amides is 3. The van der Waals surface area contributed by atoms with Gasteiger partial charge in [-0.05, 0) is 54.3 Å². The summed E-state index contributed by atoms with van der Waals surface area (Å²) in [4.78, 5) is 29.3. The Balaban J connectivity index is 1.26. The number of ether oxygens (including phenoxy) is 1. The highest BCUT2D eigenvalue weighted by molar-refractivity contribution is 6.23. The molecule has 2 saturated heterocycles. The van der Waals surface area contributed by atoms with Crippen LogP contribution in [0.4, 0.5) is 10.5 Å². The zero-order chi connectivity index (χ0) is 20.7. The highest BCUT2D eigenvalue weighted by Gasteiger charge is 2.52. The lowest BCUT2D eigenvalue weighted by Crippen LogP contribution is -2.54. The average Bonchev–Trinajstić information content (AvgIpc) is 3.32. The monoisotopic (exact) mass is 402 g/mol. The van der Waals surface area contributed by atoms with Gasteiger partial charge in [0.05, 0.1) is 23.9 Å². The molecular formula is C23H22N4O3. The SMILES string of the molecule is N#Cc1ccc(N2C(=O)NC3(CCN(Cc4ccc5c(c4)OCC5)CC3)C2=O)cc1. The molecule has 5 rings (SSSR count). The maximum absolute atomic E-state index is 13.2. The van der Waals surface area contributed by atoms with Crippen LogP contribution in [0.2, 0.25) is 0 Å². The number of piperidine rings is 1. The number of imide groups is 1. The summed E-state index contributed by atoms with van der Waals surface area (Å²) < 4.78 is 5.66. The summed E-state index contributed by atoms with van der Waals surface area (Å²) in [5.74, 6) is 0.778. The van der Waals surface area contributed by atoms with Gasteiger partial charge in [0.1, 0.15) is 11.3 Å². The first-order valence-corrected chi connectivity index (χ1v) is 10.2. The van der Waals surface area contributed by atoms with Crippen LogP contribution in [0.3, 0.4) is 0 Å². The zero-order valence-electron chi connectivity index (χ0n) is 16.6. The van der Waals surface area contributed by atoms with Gasteiger partial charge in [0.2, 0.25) is 0 Å². The Morgan fingerprint density at radius 1 is 1.10 bits per heavy atom. The lowest BCUT2D eigenvalue weighted by Gasteiger charge is -2.37. The molecule has 1 N–H and O–H groups in total. The predicted octanol–water partition coefficient (Wildman–Crippen LogP) is 2.58. The third-order valence-corrected chi connectivity index (χ3v) is 6.29. The third kappa shape index (κ3) is 3.10. The second-order valence-electron chi connectivity index (χ2n) is 8.13. The van der Waals surface area contributed by atoms with Crippen LogP contribution in [0.15, 0.2) is 42.5 Å². The molecule has 0 bridgehead atoms. The van der Waals surface area contributed by atoms with Crippen molar-refractivity contribution in [2.75, 3.05) is 24.6 Å². The molecule has 0 aromatic heterocycles. The predicted molar refractivity (Wildman–Crippen MR) is 110 cm³/mol. The highest BCUT2D eigenvalue weighted by Crippen LogP contribution is 2.33. The number of nitrogens with one attached hydrogen (secondary N) is 1. The number of benzene rings is 2. The summed E-state index contributed by atoms with van der Waals surface area (Å²) in [6.07, 6.45) is 2.12.